The van der Waals surface area contributed by atoms with Crippen molar-refractivity contribution in [3.63, 3.8) is 0 Å². The normalized spacial score (nSPS) is 12.0. The number of hydrogen-bond donors (Lipinski definition) is 1. The van der Waals surface area contributed by atoms with Gasteiger partial charge in [-0.1, -0.05) is 74.4 Å². The Morgan fingerprint density at radius 2 is 1.55 bits per heavy atom. The second-order valence-corrected chi connectivity index (χ2v) is 12.0. The molecule has 2 amide bonds. The molecule has 0 aromatic heterocycles. The lowest BCUT2D eigenvalue weighted by atomic mass is 10.1. The smallest absolute Gasteiger partial charge is 0.264 e. The zero-order chi connectivity index (χ0) is 29.3. The third-order valence-corrected chi connectivity index (χ3v) is 8.87. The van der Waals surface area contributed by atoms with Gasteiger partial charge in [0, 0.05) is 13.1 Å². The minimum Gasteiger partial charge on any atom is -0.354 e. The highest BCUT2D eigenvalue weighted by molar-refractivity contribution is 7.92. The van der Waals surface area contributed by atoms with Gasteiger partial charge in [0.25, 0.3) is 10.0 Å². The summed E-state index contributed by atoms with van der Waals surface area (Å²) in [5.74, 6) is -0.684. The average Bonchev–Trinajstić information content (AvgIpc) is 2.94. The van der Waals surface area contributed by atoms with Crippen LogP contribution in [-0.4, -0.2) is 44.3 Å². The fourth-order valence-corrected chi connectivity index (χ4v) is 5.87. The van der Waals surface area contributed by atoms with Crippen LogP contribution in [0.4, 0.5) is 5.69 Å². The summed E-state index contributed by atoms with van der Waals surface area (Å²) in [6, 6.07) is 20.5. The monoisotopic (exact) mass is 563 g/mol. The Hall–Kier alpha value is -3.65. The Morgan fingerprint density at radius 3 is 2.15 bits per heavy atom. The van der Waals surface area contributed by atoms with E-state index in [1.54, 1.807) is 30.3 Å². The topological polar surface area (TPSA) is 86.8 Å². The number of nitrogens with one attached hydrogen (secondary N) is 1. The van der Waals surface area contributed by atoms with E-state index in [2.05, 4.69) is 5.32 Å². The maximum atomic E-state index is 14.1. The number of unbranched alkanes of at least 4 members (excludes halogenated alkanes) is 1. The third-order valence-electron chi connectivity index (χ3n) is 7.08. The molecule has 0 fully saturated rings. The van der Waals surface area contributed by atoms with Crippen molar-refractivity contribution in [2.45, 2.75) is 71.4 Å². The van der Waals surface area contributed by atoms with Gasteiger partial charge in [0.2, 0.25) is 11.8 Å². The van der Waals surface area contributed by atoms with Crippen molar-refractivity contribution >= 4 is 27.5 Å². The van der Waals surface area contributed by atoms with E-state index in [0.717, 1.165) is 39.4 Å². The van der Waals surface area contributed by atoms with E-state index in [4.69, 9.17) is 0 Å². The number of aryl methyl sites for hydroxylation is 3. The molecule has 0 radical (unpaired) electrons. The van der Waals surface area contributed by atoms with E-state index < -0.39 is 28.5 Å². The number of amides is 2. The SMILES string of the molecule is CCCCNC(=O)[C@@H](CC)N(Cc1ccc(C)cc1)C(=O)CN(c1ccc(C)c(C)c1)S(=O)(=O)c1ccccc1. The Bertz CT molecular complexity index is 1390. The molecule has 7 nitrogen and oxygen atoms in total. The maximum absolute atomic E-state index is 14.1. The minimum absolute atomic E-state index is 0.0930. The van der Waals surface area contributed by atoms with Gasteiger partial charge < -0.3 is 10.2 Å². The van der Waals surface area contributed by atoms with Gasteiger partial charge in [0.1, 0.15) is 12.6 Å². The van der Waals surface area contributed by atoms with Gasteiger partial charge in [-0.2, -0.15) is 0 Å². The number of nitrogens with zero attached hydrogens (tertiary/aromatic N) is 2. The third kappa shape index (κ3) is 7.72. The number of carbonyl (C=O) groups is 2. The van der Waals surface area contributed by atoms with Crippen LogP contribution in [0.1, 0.15) is 55.4 Å². The summed E-state index contributed by atoms with van der Waals surface area (Å²) in [5, 5.41) is 2.95. The quantitative estimate of drug-likeness (QED) is 0.277. The van der Waals surface area contributed by atoms with Crippen LogP contribution < -0.4 is 9.62 Å². The van der Waals surface area contributed by atoms with Gasteiger partial charge in [-0.3, -0.25) is 13.9 Å². The molecular formula is C32H41N3O4S. The largest absolute Gasteiger partial charge is 0.354 e. The lowest BCUT2D eigenvalue weighted by Crippen LogP contribution is -2.52. The number of benzene rings is 3. The molecule has 40 heavy (non-hydrogen) atoms. The van der Waals surface area contributed by atoms with Gasteiger partial charge in [-0.25, -0.2) is 8.42 Å². The maximum Gasteiger partial charge on any atom is 0.264 e. The molecule has 0 aliphatic rings. The Morgan fingerprint density at radius 1 is 0.875 bits per heavy atom. The zero-order valence-electron chi connectivity index (χ0n) is 24.2. The van der Waals surface area contributed by atoms with Crippen LogP contribution in [0.3, 0.4) is 0 Å². The first-order valence-electron chi connectivity index (χ1n) is 13.9. The van der Waals surface area contributed by atoms with Gasteiger partial charge in [-0.05, 0) is 74.6 Å². The molecule has 3 rings (SSSR count). The number of sulfonamides is 1. The van der Waals surface area contributed by atoms with Crippen molar-refractivity contribution in [2.75, 3.05) is 17.4 Å². The fraction of sp³-hybridized carbons (Fsp3) is 0.375. The standard InChI is InChI=1S/C32H41N3O4S/c1-6-8-20-33-32(37)30(7-2)34(22-27-17-14-24(3)15-18-27)31(36)23-35(28-19-16-25(4)26(5)21-28)40(38,39)29-12-10-9-11-13-29/h9-19,21,30H,6-8,20,22-23H2,1-5H3,(H,33,37)/t30-/m1/s1. The van der Waals surface area contributed by atoms with Crippen LogP contribution in [0.2, 0.25) is 0 Å². The van der Waals surface area contributed by atoms with E-state index in [9.17, 15) is 18.0 Å². The highest BCUT2D eigenvalue weighted by atomic mass is 32.2. The van der Waals surface area contributed by atoms with Gasteiger partial charge in [-0.15, -0.1) is 0 Å². The van der Waals surface area contributed by atoms with E-state index in [0.29, 0.717) is 18.7 Å². The molecule has 1 atom stereocenters. The predicted octanol–water partition coefficient (Wildman–Crippen LogP) is 5.53. The van der Waals surface area contributed by atoms with Gasteiger partial charge >= 0.3 is 0 Å². The average molecular weight is 564 g/mol. The highest BCUT2D eigenvalue weighted by Crippen LogP contribution is 2.26. The number of rotatable bonds is 13. The Balaban J connectivity index is 2.04. The molecule has 214 valence electrons. The van der Waals surface area contributed by atoms with Crippen molar-refractivity contribution in [1.29, 1.82) is 0 Å². The molecule has 0 unspecified atom stereocenters. The summed E-state index contributed by atoms with van der Waals surface area (Å²) in [7, 11) is -4.08. The molecule has 0 saturated heterocycles. The highest BCUT2D eigenvalue weighted by Gasteiger charge is 2.33. The minimum atomic E-state index is -4.08. The van der Waals surface area contributed by atoms with Crippen molar-refractivity contribution in [3.8, 4) is 0 Å². The van der Waals surface area contributed by atoms with E-state index in [1.165, 1.54) is 17.0 Å². The first-order valence-corrected chi connectivity index (χ1v) is 15.3. The van der Waals surface area contributed by atoms with Crippen molar-refractivity contribution in [2.24, 2.45) is 0 Å². The van der Waals surface area contributed by atoms with Crippen LogP contribution in [-0.2, 0) is 26.2 Å². The summed E-state index contributed by atoms with van der Waals surface area (Å²) in [6.07, 6.45) is 2.17. The Labute approximate surface area is 239 Å². The van der Waals surface area contributed by atoms with E-state index in [-0.39, 0.29) is 17.3 Å². The zero-order valence-corrected chi connectivity index (χ0v) is 25.0. The van der Waals surface area contributed by atoms with E-state index in [1.807, 2.05) is 65.0 Å². The van der Waals surface area contributed by atoms with Crippen LogP contribution in [0.5, 0.6) is 0 Å². The predicted molar refractivity (Wildman–Crippen MR) is 161 cm³/mol. The summed E-state index contributed by atoms with van der Waals surface area (Å²) in [4.78, 5) is 29.0. The summed E-state index contributed by atoms with van der Waals surface area (Å²) < 4.78 is 29.0. The summed E-state index contributed by atoms with van der Waals surface area (Å²) >= 11 is 0. The first kappa shape index (κ1) is 30.9. The van der Waals surface area contributed by atoms with Crippen molar-refractivity contribution in [3.05, 3.63) is 95.1 Å². The molecule has 1 N–H and O–H groups in total. The van der Waals surface area contributed by atoms with Crippen LogP contribution >= 0.6 is 0 Å². The molecule has 0 heterocycles. The molecule has 8 heteroatoms. The van der Waals surface area contributed by atoms with Gasteiger partial charge in [0.15, 0.2) is 0 Å². The van der Waals surface area contributed by atoms with E-state index >= 15 is 0 Å². The molecule has 3 aromatic rings. The second-order valence-electron chi connectivity index (χ2n) is 10.2. The number of carbonyl (C=O) groups excluding carboxylic acids is 2. The lowest BCUT2D eigenvalue weighted by Gasteiger charge is -2.33. The fourth-order valence-electron chi connectivity index (χ4n) is 4.45. The molecule has 0 saturated carbocycles. The first-order chi connectivity index (χ1) is 19.1. The van der Waals surface area contributed by atoms with Crippen molar-refractivity contribution in [1.82, 2.24) is 10.2 Å². The molecule has 0 aliphatic heterocycles. The molecule has 0 bridgehead atoms. The number of anilines is 1. The lowest BCUT2D eigenvalue weighted by molar-refractivity contribution is -0.140. The van der Waals surface area contributed by atoms with Gasteiger partial charge in [0.05, 0.1) is 10.6 Å². The molecule has 0 spiro atoms. The Kier molecular flexibility index (Phi) is 10.9. The van der Waals surface area contributed by atoms with Crippen LogP contribution in [0.15, 0.2) is 77.7 Å². The summed E-state index contributed by atoms with van der Waals surface area (Å²) in [5.41, 5.74) is 4.28. The summed E-state index contributed by atoms with van der Waals surface area (Å²) in [6.45, 7) is 10.0. The molecular weight excluding hydrogens is 522 g/mol. The molecule has 3 aromatic carbocycles. The second kappa shape index (κ2) is 14.1. The van der Waals surface area contributed by atoms with Crippen LogP contribution in [0, 0.1) is 20.8 Å². The molecule has 0 aliphatic carbocycles. The number of hydrogen-bond acceptors (Lipinski definition) is 4. The van der Waals surface area contributed by atoms with Crippen LogP contribution in [0.25, 0.3) is 0 Å². The van der Waals surface area contributed by atoms with Crippen molar-refractivity contribution < 1.29 is 18.0 Å².